The highest BCUT2D eigenvalue weighted by Crippen LogP contribution is 2.64. The van der Waals surface area contributed by atoms with E-state index in [9.17, 15) is 33.5 Å². The van der Waals surface area contributed by atoms with Crippen LogP contribution in [-0.4, -0.2) is 67.0 Å². The van der Waals surface area contributed by atoms with E-state index in [1.165, 1.54) is 6.92 Å². The smallest absolute Gasteiger partial charge is 0.341 e. The average molecular weight is 440 g/mol. The van der Waals surface area contributed by atoms with Crippen LogP contribution in [0.5, 0.6) is 0 Å². The summed E-state index contributed by atoms with van der Waals surface area (Å²) in [5, 5.41) is -2.15. The highest BCUT2D eigenvalue weighted by Gasteiger charge is 2.54. The number of thioether (sulfide) groups is 1. The van der Waals surface area contributed by atoms with Gasteiger partial charge in [-0.1, -0.05) is 11.8 Å². The van der Waals surface area contributed by atoms with Crippen LogP contribution in [0.2, 0.25) is 0 Å². The Morgan fingerprint density at radius 1 is 1.16 bits per heavy atom. The van der Waals surface area contributed by atoms with Gasteiger partial charge in [0, 0.05) is 18.6 Å². The summed E-state index contributed by atoms with van der Waals surface area (Å²) in [5.74, 6) is -0.568. The van der Waals surface area contributed by atoms with Gasteiger partial charge in [-0.15, -0.1) is 0 Å². The zero-order chi connectivity index (χ0) is 18.8. The molecule has 0 spiro atoms. The fourth-order valence-corrected chi connectivity index (χ4v) is 7.63. The second-order valence-corrected chi connectivity index (χ2v) is 12.1. The van der Waals surface area contributed by atoms with Gasteiger partial charge in [0.05, 0.1) is 26.7 Å². The first kappa shape index (κ1) is 25.6. The van der Waals surface area contributed by atoms with Gasteiger partial charge in [0.1, 0.15) is 0 Å². The molecule has 1 aliphatic rings. The van der Waals surface area contributed by atoms with Crippen LogP contribution in [0, 0.1) is 5.92 Å². The van der Waals surface area contributed by atoms with Crippen LogP contribution in [0.1, 0.15) is 32.6 Å². The van der Waals surface area contributed by atoms with Crippen molar-refractivity contribution < 1.29 is 50.4 Å². The van der Waals surface area contributed by atoms with E-state index < -0.39 is 26.5 Å². The van der Waals surface area contributed by atoms with E-state index >= 15 is 0 Å². The molecule has 12 heteroatoms. The van der Waals surface area contributed by atoms with Crippen LogP contribution >= 0.6 is 27.0 Å². The fourth-order valence-electron chi connectivity index (χ4n) is 3.69. The molecule has 0 aromatic rings. The Bertz CT molecular complexity index is 528. The van der Waals surface area contributed by atoms with E-state index in [1.807, 2.05) is 14.1 Å². The molecule has 0 aliphatic carbocycles. The van der Waals surface area contributed by atoms with Crippen LogP contribution in [0.25, 0.3) is 0 Å². The lowest BCUT2D eigenvalue weighted by atomic mass is 9.88. The molecule has 2 atom stereocenters. The molecule has 25 heavy (non-hydrogen) atoms. The topological polar surface area (TPSA) is 132 Å². The number of nitrogens with zero attached hydrogens (tertiary/aromatic N) is 1. The Hall–Kier alpha value is 0.570. The van der Waals surface area contributed by atoms with Crippen molar-refractivity contribution in [3.05, 3.63) is 0 Å². The third-order valence-electron chi connectivity index (χ3n) is 4.71. The zero-order valence-corrected chi connectivity index (χ0v) is 18.0. The summed E-state index contributed by atoms with van der Waals surface area (Å²) < 4.78 is 24.2. The monoisotopic (exact) mass is 439 g/mol. The summed E-state index contributed by atoms with van der Waals surface area (Å²) >= 11 is 1.01. The number of likely N-dealkylation sites (tertiary alicyclic amines) is 1. The second-order valence-electron chi connectivity index (χ2n) is 6.95. The predicted molar refractivity (Wildman–Crippen MR) is 93.7 cm³/mol. The molecule has 4 N–H and O–H groups in total. The van der Waals surface area contributed by atoms with Gasteiger partial charge in [0.15, 0.2) is 10.5 Å². The Morgan fingerprint density at radius 2 is 1.68 bits per heavy atom. The second kappa shape index (κ2) is 9.67. The van der Waals surface area contributed by atoms with Gasteiger partial charge >= 0.3 is 15.2 Å². The molecule has 1 heterocycles. The molecule has 150 valence electrons. The van der Waals surface area contributed by atoms with Gasteiger partial charge in [0.25, 0.3) is 0 Å². The van der Waals surface area contributed by atoms with Crippen molar-refractivity contribution in [2.45, 2.75) is 44.0 Å². The molecule has 0 aromatic carbocycles. The van der Waals surface area contributed by atoms with E-state index in [0.717, 1.165) is 31.1 Å². The summed E-state index contributed by atoms with van der Waals surface area (Å²) in [6, 6.07) is -0.267. The standard InChI is InChI=1S/C13H27NO7P2S.ClH/c1-10(15)24-9-7-11(12-6-4-5-8-14(12,2)3)13(22(16,17)18)23(19,20)21;/h11-13H,4-9H2,1-3H3,(H3-,16,17,18,19,20,21);1H. The molecule has 1 rings (SSSR count). The molecule has 0 aromatic heterocycles. The van der Waals surface area contributed by atoms with Gasteiger partial charge < -0.3 is 36.5 Å². The first-order chi connectivity index (χ1) is 10.8. The van der Waals surface area contributed by atoms with Crippen molar-refractivity contribution >= 4 is 32.1 Å². The minimum atomic E-state index is -5.01. The van der Waals surface area contributed by atoms with Crippen molar-refractivity contribution in [3.8, 4) is 0 Å². The first-order valence-electron chi connectivity index (χ1n) is 7.83. The Kier molecular flexibility index (Phi) is 9.89. The molecular weight excluding hydrogens is 412 g/mol. The Labute approximate surface area is 159 Å². The van der Waals surface area contributed by atoms with Gasteiger partial charge in [-0.25, -0.2) is 0 Å². The lowest BCUT2D eigenvalue weighted by Gasteiger charge is -2.47. The summed E-state index contributed by atoms with van der Waals surface area (Å²) in [4.78, 5) is 49.7. The third-order valence-corrected chi connectivity index (χ3v) is 9.50. The quantitative estimate of drug-likeness (QED) is 0.281. The summed E-state index contributed by atoms with van der Waals surface area (Å²) in [6.45, 7) is 2.18. The maximum absolute atomic E-state index is 11.9. The lowest BCUT2D eigenvalue weighted by molar-refractivity contribution is -0.923. The molecule has 0 saturated carbocycles. The Balaban J connectivity index is 0.00000576. The number of hydrogen-bond donors (Lipinski definition) is 4. The minimum Gasteiger partial charge on any atom is -1.00 e. The van der Waals surface area contributed by atoms with Gasteiger partial charge in [-0.05, 0) is 25.7 Å². The van der Waals surface area contributed by atoms with Crippen molar-refractivity contribution in [3.63, 3.8) is 0 Å². The van der Waals surface area contributed by atoms with Crippen molar-refractivity contribution in [1.82, 2.24) is 0 Å². The third kappa shape index (κ3) is 7.60. The fraction of sp³-hybridized carbons (Fsp3) is 0.923. The largest absolute Gasteiger partial charge is 1.00 e. The molecule has 2 unspecified atom stereocenters. The number of piperidine rings is 1. The van der Waals surface area contributed by atoms with Crippen LogP contribution in [-0.2, 0) is 13.9 Å². The summed E-state index contributed by atoms with van der Waals surface area (Å²) in [6.07, 6.45) is 2.66. The molecule has 8 nitrogen and oxygen atoms in total. The van der Waals surface area contributed by atoms with Gasteiger partial charge in [0.2, 0.25) is 0 Å². The van der Waals surface area contributed by atoms with E-state index in [-0.39, 0.29) is 35.7 Å². The summed E-state index contributed by atoms with van der Waals surface area (Å²) in [5.41, 5.74) is 0. The highest BCUT2D eigenvalue weighted by molar-refractivity contribution is 8.13. The molecule has 1 fully saturated rings. The molecule has 0 radical (unpaired) electrons. The minimum absolute atomic E-state index is 0. The predicted octanol–water partition coefficient (Wildman–Crippen LogP) is -1.41. The normalized spacial score (nSPS) is 22.3. The van der Waals surface area contributed by atoms with Gasteiger partial charge in [-0.3, -0.25) is 13.9 Å². The number of carbonyl (C=O) groups excluding carboxylic acids is 1. The van der Waals surface area contributed by atoms with E-state index in [0.29, 0.717) is 10.9 Å². The number of hydrogen-bond acceptors (Lipinski definition) is 4. The maximum atomic E-state index is 11.9. The molecule has 1 saturated heterocycles. The van der Waals surface area contributed by atoms with Crippen LogP contribution < -0.4 is 12.4 Å². The van der Waals surface area contributed by atoms with Crippen molar-refractivity contribution in [2.75, 3.05) is 26.4 Å². The van der Waals surface area contributed by atoms with Crippen LogP contribution in [0.3, 0.4) is 0 Å². The number of carbonyl (C=O) groups is 1. The number of halogens is 1. The van der Waals surface area contributed by atoms with E-state index in [4.69, 9.17) is 0 Å². The molecule has 0 bridgehead atoms. The Morgan fingerprint density at radius 3 is 2.08 bits per heavy atom. The first-order valence-corrected chi connectivity index (χ1v) is 12.2. The number of rotatable bonds is 7. The molecule has 1 aliphatic heterocycles. The van der Waals surface area contributed by atoms with Crippen molar-refractivity contribution in [2.24, 2.45) is 5.92 Å². The van der Waals surface area contributed by atoms with Crippen molar-refractivity contribution in [1.29, 1.82) is 0 Å². The van der Waals surface area contributed by atoms with Crippen LogP contribution in [0.15, 0.2) is 0 Å². The summed E-state index contributed by atoms with van der Waals surface area (Å²) in [7, 11) is -6.17. The molecular formula is C13H28ClNO7P2S. The average Bonchev–Trinajstić information content (AvgIpc) is 2.33. The molecule has 0 amide bonds. The maximum Gasteiger partial charge on any atom is 0.341 e. The zero-order valence-electron chi connectivity index (χ0n) is 14.6. The SMILES string of the molecule is CC(=O)SCCC(C1CCCC[N+]1(C)C)C(P(=O)(O)O)P(=O)(O)O.[Cl-]. The van der Waals surface area contributed by atoms with E-state index in [1.54, 1.807) is 0 Å². The highest BCUT2D eigenvalue weighted by atomic mass is 35.5. The van der Waals surface area contributed by atoms with Gasteiger partial charge in [-0.2, -0.15) is 0 Å². The van der Waals surface area contributed by atoms with E-state index in [2.05, 4.69) is 0 Å². The number of quaternary nitrogens is 1. The lowest BCUT2D eigenvalue weighted by Crippen LogP contribution is -3.00. The van der Waals surface area contributed by atoms with Crippen LogP contribution in [0.4, 0.5) is 0 Å².